The van der Waals surface area contributed by atoms with Gasteiger partial charge in [0, 0.05) is 4.88 Å². The highest BCUT2D eigenvalue weighted by Gasteiger charge is 2.36. The molecule has 0 spiro atoms. The van der Waals surface area contributed by atoms with Crippen molar-refractivity contribution in [1.29, 1.82) is 5.26 Å². The number of hydrogen-bond acceptors (Lipinski definition) is 2. The molecule has 0 amide bonds. The fourth-order valence-corrected chi connectivity index (χ4v) is 2.55. The second kappa shape index (κ2) is 3.51. The molecule has 0 aliphatic heterocycles. The molecule has 0 atom stereocenters. The molecule has 13 heavy (non-hydrogen) atoms. The van der Waals surface area contributed by atoms with Crippen molar-refractivity contribution in [2.75, 3.05) is 0 Å². The van der Waals surface area contributed by atoms with Gasteiger partial charge in [0.2, 0.25) is 0 Å². The van der Waals surface area contributed by atoms with E-state index in [2.05, 4.69) is 23.6 Å². The molecular formula is C11H13NS. The van der Waals surface area contributed by atoms with Gasteiger partial charge in [0.05, 0.1) is 11.5 Å². The van der Waals surface area contributed by atoms with E-state index in [1.54, 1.807) is 11.3 Å². The highest BCUT2D eigenvalue weighted by molar-refractivity contribution is 7.09. The summed E-state index contributed by atoms with van der Waals surface area (Å²) >= 11 is 1.80. The zero-order valence-electron chi connectivity index (χ0n) is 7.62. The molecule has 1 nitrogen and oxygen atoms in total. The molecular weight excluding hydrogens is 178 g/mol. The zero-order valence-corrected chi connectivity index (χ0v) is 8.44. The van der Waals surface area contributed by atoms with Crippen LogP contribution < -0.4 is 0 Å². The lowest BCUT2D eigenvalue weighted by atomic mass is 9.67. The number of hydrogen-bond donors (Lipinski definition) is 0. The van der Waals surface area contributed by atoms with Crippen molar-refractivity contribution in [3.05, 3.63) is 22.4 Å². The lowest BCUT2D eigenvalue weighted by Gasteiger charge is -2.35. The molecule has 2 heteroatoms. The second-order valence-electron chi connectivity index (χ2n) is 3.83. The molecule has 0 bridgehead atoms. The average Bonchev–Trinajstić information content (AvgIpc) is 2.56. The van der Waals surface area contributed by atoms with E-state index in [9.17, 15) is 0 Å². The Hall–Kier alpha value is -0.810. The summed E-state index contributed by atoms with van der Waals surface area (Å²) in [6.45, 7) is 0. The first-order valence-corrected chi connectivity index (χ1v) is 5.66. The first kappa shape index (κ1) is 8.77. The Kier molecular flexibility index (Phi) is 2.37. The minimum atomic E-state index is 0.0456. The normalized spacial score (nSPS) is 19.0. The van der Waals surface area contributed by atoms with Crippen molar-refractivity contribution >= 4 is 11.3 Å². The molecule has 1 heterocycles. The number of thiophene rings is 1. The summed E-state index contributed by atoms with van der Waals surface area (Å²) in [5.41, 5.74) is 0.0456. The minimum Gasteiger partial charge on any atom is -0.198 e. The summed E-state index contributed by atoms with van der Waals surface area (Å²) in [5, 5.41) is 11.1. The monoisotopic (exact) mass is 191 g/mol. The molecule has 1 aromatic rings. The van der Waals surface area contributed by atoms with Crippen LogP contribution in [0.3, 0.4) is 0 Å². The quantitative estimate of drug-likeness (QED) is 0.718. The lowest BCUT2D eigenvalue weighted by molar-refractivity contribution is 0.199. The standard InChI is InChI=1S/C11H13NS/c12-9-11(5-2-6-11)7-4-10-3-1-8-13-10/h1,3,8H,2,4-7H2. The van der Waals surface area contributed by atoms with E-state index in [1.165, 1.54) is 11.3 Å². The van der Waals surface area contributed by atoms with Crippen molar-refractivity contribution in [3.8, 4) is 6.07 Å². The van der Waals surface area contributed by atoms with Crippen molar-refractivity contribution in [2.45, 2.75) is 32.1 Å². The molecule has 1 saturated carbocycles. The van der Waals surface area contributed by atoms with Gasteiger partial charge in [0.1, 0.15) is 0 Å². The fourth-order valence-electron chi connectivity index (χ4n) is 1.84. The van der Waals surface area contributed by atoms with Gasteiger partial charge in [-0.05, 0) is 37.1 Å². The van der Waals surface area contributed by atoms with Crippen molar-refractivity contribution in [1.82, 2.24) is 0 Å². The van der Waals surface area contributed by atoms with Crippen LogP contribution >= 0.6 is 11.3 Å². The molecule has 2 rings (SSSR count). The van der Waals surface area contributed by atoms with Crippen LogP contribution in [0.4, 0.5) is 0 Å². The van der Waals surface area contributed by atoms with E-state index in [4.69, 9.17) is 5.26 Å². The average molecular weight is 191 g/mol. The van der Waals surface area contributed by atoms with E-state index < -0.39 is 0 Å². The Morgan fingerprint density at radius 3 is 2.85 bits per heavy atom. The van der Waals surface area contributed by atoms with Crippen molar-refractivity contribution in [3.63, 3.8) is 0 Å². The molecule has 1 aliphatic carbocycles. The second-order valence-corrected chi connectivity index (χ2v) is 4.86. The van der Waals surface area contributed by atoms with E-state index >= 15 is 0 Å². The lowest BCUT2D eigenvalue weighted by Crippen LogP contribution is -2.27. The SMILES string of the molecule is N#CC1(CCc2cccs2)CCC1. The first-order valence-electron chi connectivity index (χ1n) is 4.78. The fraction of sp³-hybridized carbons (Fsp3) is 0.545. The van der Waals surface area contributed by atoms with Gasteiger partial charge in [-0.3, -0.25) is 0 Å². The highest BCUT2D eigenvalue weighted by atomic mass is 32.1. The van der Waals surface area contributed by atoms with Crippen LogP contribution in [-0.2, 0) is 6.42 Å². The Morgan fingerprint density at radius 2 is 2.38 bits per heavy atom. The Balaban J connectivity index is 1.89. The Labute approximate surface area is 83.0 Å². The van der Waals surface area contributed by atoms with Crippen LogP contribution in [0.15, 0.2) is 17.5 Å². The van der Waals surface area contributed by atoms with Gasteiger partial charge in [0.25, 0.3) is 0 Å². The van der Waals surface area contributed by atoms with Crippen LogP contribution in [0.25, 0.3) is 0 Å². The summed E-state index contributed by atoms with van der Waals surface area (Å²) < 4.78 is 0. The van der Waals surface area contributed by atoms with Crippen LogP contribution in [0.2, 0.25) is 0 Å². The highest BCUT2D eigenvalue weighted by Crippen LogP contribution is 2.44. The van der Waals surface area contributed by atoms with Gasteiger partial charge in [-0.2, -0.15) is 5.26 Å². The third-order valence-electron chi connectivity index (χ3n) is 2.98. The molecule has 0 radical (unpaired) electrons. The molecule has 1 aromatic heterocycles. The Morgan fingerprint density at radius 1 is 1.54 bits per heavy atom. The third-order valence-corrected chi connectivity index (χ3v) is 3.91. The van der Waals surface area contributed by atoms with Gasteiger partial charge in [-0.25, -0.2) is 0 Å². The smallest absolute Gasteiger partial charge is 0.0689 e. The predicted molar refractivity (Wildman–Crippen MR) is 54.5 cm³/mol. The number of rotatable bonds is 3. The topological polar surface area (TPSA) is 23.8 Å². The van der Waals surface area contributed by atoms with Crippen LogP contribution in [0.5, 0.6) is 0 Å². The van der Waals surface area contributed by atoms with Gasteiger partial charge in [0.15, 0.2) is 0 Å². The van der Waals surface area contributed by atoms with Crippen LogP contribution in [0, 0.1) is 16.7 Å². The van der Waals surface area contributed by atoms with Gasteiger partial charge < -0.3 is 0 Å². The van der Waals surface area contributed by atoms with E-state index in [0.717, 1.165) is 25.7 Å². The van der Waals surface area contributed by atoms with E-state index in [-0.39, 0.29) is 5.41 Å². The minimum absolute atomic E-state index is 0.0456. The maximum absolute atomic E-state index is 9.02. The van der Waals surface area contributed by atoms with E-state index in [1.807, 2.05) is 0 Å². The molecule has 68 valence electrons. The van der Waals surface area contributed by atoms with Crippen molar-refractivity contribution < 1.29 is 0 Å². The zero-order chi connectivity index (χ0) is 9.15. The molecule has 1 fully saturated rings. The molecule has 0 N–H and O–H groups in total. The third kappa shape index (κ3) is 1.76. The molecule has 1 aliphatic rings. The van der Waals surface area contributed by atoms with E-state index in [0.29, 0.717) is 0 Å². The van der Waals surface area contributed by atoms with Gasteiger partial charge >= 0.3 is 0 Å². The number of nitrogens with zero attached hydrogens (tertiary/aromatic N) is 1. The summed E-state index contributed by atoms with van der Waals surface area (Å²) in [4.78, 5) is 1.42. The van der Waals surface area contributed by atoms with Crippen molar-refractivity contribution in [2.24, 2.45) is 5.41 Å². The predicted octanol–water partition coefficient (Wildman–Crippen LogP) is 3.37. The molecule has 0 saturated heterocycles. The first-order chi connectivity index (χ1) is 6.35. The molecule has 0 aromatic carbocycles. The van der Waals surface area contributed by atoms with Crippen LogP contribution in [0.1, 0.15) is 30.6 Å². The summed E-state index contributed by atoms with van der Waals surface area (Å²) in [7, 11) is 0. The van der Waals surface area contributed by atoms with Gasteiger partial charge in [-0.15, -0.1) is 11.3 Å². The largest absolute Gasteiger partial charge is 0.198 e. The number of nitriles is 1. The Bertz CT molecular complexity index is 303. The summed E-state index contributed by atoms with van der Waals surface area (Å²) in [6, 6.07) is 6.73. The van der Waals surface area contributed by atoms with Crippen LogP contribution in [-0.4, -0.2) is 0 Å². The van der Waals surface area contributed by atoms with Gasteiger partial charge in [-0.1, -0.05) is 12.5 Å². The number of aryl methyl sites for hydroxylation is 1. The maximum atomic E-state index is 9.02. The molecule has 0 unspecified atom stereocenters. The summed E-state index contributed by atoms with van der Waals surface area (Å²) in [5.74, 6) is 0. The summed E-state index contributed by atoms with van der Waals surface area (Å²) in [6.07, 6.45) is 5.64. The maximum Gasteiger partial charge on any atom is 0.0689 e.